The van der Waals surface area contributed by atoms with Gasteiger partial charge in [-0.3, -0.25) is 4.79 Å². The molecule has 0 fully saturated rings. The van der Waals surface area contributed by atoms with Gasteiger partial charge in [-0.1, -0.05) is 58.0 Å². The third kappa shape index (κ3) is 3.84. The van der Waals surface area contributed by atoms with Crippen molar-refractivity contribution in [1.29, 1.82) is 0 Å². The minimum Gasteiger partial charge on any atom is -0.488 e. The maximum Gasteiger partial charge on any atom is 0.200 e. The number of thioether (sulfide) groups is 1. The normalized spacial score (nSPS) is 14.4. The monoisotopic (exact) mass is 440 g/mol. The Bertz CT molecular complexity index is 1060. The van der Waals surface area contributed by atoms with Gasteiger partial charge >= 0.3 is 0 Å². The summed E-state index contributed by atoms with van der Waals surface area (Å²) in [5.41, 5.74) is 1.97. The van der Waals surface area contributed by atoms with Crippen LogP contribution in [-0.2, 0) is 6.61 Å². The molecule has 0 amide bonds. The summed E-state index contributed by atoms with van der Waals surface area (Å²) in [4.78, 5) is 14.2. The maximum atomic E-state index is 13.8. The van der Waals surface area contributed by atoms with Crippen LogP contribution in [0.5, 0.6) is 5.75 Å². The number of carbonyl (C=O) groups excluding carboxylic acids is 1. The largest absolute Gasteiger partial charge is 0.488 e. The van der Waals surface area contributed by atoms with E-state index in [1.807, 2.05) is 48.5 Å². The van der Waals surface area contributed by atoms with E-state index >= 15 is 0 Å². The minimum atomic E-state index is -0.300. The fraction of sp³-hybridized carbons (Fsp3) is 0.0455. The summed E-state index contributed by atoms with van der Waals surface area (Å²) in [6.45, 7) is 0.117. The first-order valence-corrected chi connectivity index (χ1v) is 9.92. The quantitative estimate of drug-likeness (QED) is 0.433. The summed E-state index contributed by atoms with van der Waals surface area (Å²) >= 11 is 4.91. The van der Waals surface area contributed by atoms with Gasteiger partial charge in [-0.25, -0.2) is 4.39 Å². The number of fused-ring (bicyclic) bond motifs is 1. The molecule has 0 saturated heterocycles. The van der Waals surface area contributed by atoms with Crippen LogP contribution in [0.15, 0.2) is 81.0 Å². The summed E-state index contributed by atoms with van der Waals surface area (Å²) < 4.78 is 20.6. The number of halogens is 2. The van der Waals surface area contributed by atoms with Crippen LogP contribution < -0.4 is 4.74 Å². The summed E-state index contributed by atoms with van der Waals surface area (Å²) in [5, 5.41) is 0. The van der Waals surface area contributed by atoms with Gasteiger partial charge in [-0.05, 0) is 42.5 Å². The summed E-state index contributed by atoms with van der Waals surface area (Å²) in [5.74, 6) is 0.306. The number of Topliss-reactive ketones (excluding diaryl/α,β-unsaturated/α-hetero) is 1. The van der Waals surface area contributed by atoms with Gasteiger partial charge in [-0.15, -0.1) is 0 Å². The molecule has 3 aromatic carbocycles. The third-order valence-electron chi connectivity index (χ3n) is 4.17. The molecular formula is C22H14BrFO2S. The van der Waals surface area contributed by atoms with E-state index in [1.54, 1.807) is 18.2 Å². The van der Waals surface area contributed by atoms with E-state index in [9.17, 15) is 9.18 Å². The number of rotatable bonds is 4. The average molecular weight is 441 g/mol. The lowest BCUT2D eigenvalue weighted by Crippen LogP contribution is -2.00. The van der Waals surface area contributed by atoms with Crippen molar-refractivity contribution in [3.63, 3.8) is 0 Å². The van der Waals surface area contributed by atoms with E-state index in [2.05, 4.69) is 15.9 Å². The van der Waals surface area contributed by atoms with E-state index in [0.29, 0.717) is 16.2 Å². The van der Waals surface area contributed by atoms with Crippen molar-refractivity contribution in [2.24, 2.45) is 0 Å². The number of hydrogen-bond donors (Lipinski definition) is 0. The SMILES string of the molecule is O=C1/C(=C\c2cc(Br)ccc2OCc2ccccc2F)Sc2ccccc21. The second-order valence-corrected chi connectivity index (χ2v) is 8.00. The molecule has 1 aliphatic heterocycles. The molecule has 1 heterocycles. The Morgan fingerprint density at radius 2 is 1.81 bits per heavy atom. The van der Waals surface area contributed by atoms with Crippen molar-refractivity contribution in [3.05, 3.63) is 98.6 Å². The zero-order chi connectivity index (χ0) is 18.8. The number of benzene rings is 3. The zero-order valence-corrected chi connectivity index (χ0v) is 16.5. The number of ether oxygens (including phenoxy) is 1. The second-order valence-electron chi connectivity index (χ2n) is 6.00. The molecular weight excluding hydrogens is 427 g/mol. The standard InChI is InChI=1S/C22H14BrFO2S/c23-16-9-10-19(26-13-14-5-1-3-7-18(14)24)15(11-16)12-21-22(25)17-6-2-4-8-20(17)27-21/h1-12H,13H2/b21-12+. The van der Waals surface area contributed by atoms with Crippen molar-refractivity contribution in [1.82, 2.24) is 0 Å². The smallest absolute Gasteiger partial charge is 0.200 e. The molecule has 3 aromatic rings. The second kappa shape index (κ2) is 7.71. The van der Waals surface area contributed by atoms with Gasteiger partial charge in [0, 0.05) is 26.1 Å². The van der Waals surface area contributed by atoms with E-state index in [1.165, 1.54) is 17.8 Å². The number of ketones is 1. The lowest BCUT2D eigenvalue weighted by Gasteiger charge is -2.11. The molecule has 0 unspecified atom stereocenters. The minimum absolute atomic E-state index is 0.00984. The fourth-order valence-electron chi connectivity index (χ4n) is 2.81. The van der Waals surface area contributed by atoms with Crippen molar-refractivity contribution in [2.75, 3.05) is 0 Å². The molecule has 27 heavy (non-hydrogen) atoms. The highest BCUT2D eigenvalue weighted by Crippen LogP contribution is 2.41. The molecule has 0 N–H and O–H groups in total. The molecule has 134 valence electrons. The van der Waals surface area contributed by atoms with E-state index in [0.717, 1.165) is 20.5 Å². The highest BCUT2D eigenvalue weighted by Gasteiger charge is 2.25. The molecule has 0 aromatic heterocycles. The molecule has 0 bridgehead atoms. The number of allylic oxidation sites excluding steroid dienone is 1. The Kier molecular flexibility index (Phi) is 5.14. The van der Waals surface area contributed by atoms with Gasteiger partial charge in [-0.2, -0.15) is 0 Å². The Morgan fingerprint density at radius 3 is 2.63 bits per heavy atom. The summed E-state index contributed by atoms with van der Waals surface area (Å²) in [7, 11) is 0. The summed E-state index contributed by atoms with van der Waals surface area (Å²) in [6.07, 6.45) is 1.83. The predicted octanol–water partition coefficient (Wildman–Crippen LogP) is 6.50. The average Bonchev–Trinajstić information content (AvgIpc) is 2.98. The van der Waals surface area contributed by atoms with Gasteiger partial charge in [0.15, 0.2) is 0 Å². The van der Waals surface area contributed by atoms with Crippen LogP contribution in [0.25, 0.3) is 6.08 Å². The highest BCUT2D eigenvalue weighted by atomic mass is 79.9. The fourth-order valence-corrected chi connectivity index (χ4v) is 4.23. The van der Waals surface area contributed by atoms with Crippen molar-refractivity contribution in [3.8, 4) is 5.75 Å². The first-order valence-electron chi connectivity index (χ1n) is 8.31. The van der Waals surface area contributed by atoms with Gasteiger partial charge in [0.25, 0.3) is 0 Å². The van der Waals surface area contributed by atoms with Crippen LogP contribution in [0.3, 0.4) is 0 Å². The first kappa shape index (κ1) is 18.0. The number of hydrogen-bond acceptors (Lipinski definition) is 3. The molecule has 0 aliphatic carbocycles. The first-order chi connectivity index (χ1) is 13.1. The molecule has 1 aliphatic rings. The van der Waals surface area contributed by atoms with Gasteiger partial charge in [0.05, 0.1) is 4.91 Å². The lowest BCUT2D eigenvalue weighted by molar-refractivity contribution is 0.104. The van der Waals surface area contributed by atoms with Crippen LogP contribution >= 0.6 is 27.7 Å². The van der Waals surface area contributed by atoms with E-state index in [-0.39, 0.29) is 18.2 Å². The molecule has 2 nitrogen and oxygen atoms in total. The highest BCUT2D eigenvalue weighted by molar-refractivity contribution is 9.10. The van der Waals surface area contributed by atoms with Crippen LogP contribution in [0, 0.1) is 5.82 Å². The van der Waals surface area contributed by atoms with E-state index in [4.69, 9.17) is 4.74 Å². The van der Waals surface area contributed by atoms with E-state index < -0.39 is 0 Å². The third-order valence-corrected chi connectivity index (χ3v) is 5.77. The molecule has 4 rings (SSSR count). The van der Waals surface area contributed by atoms with Gasteiger partial charge in [0.1, 0.15) is 18.2 Å². The number of carbonyl (C=O) groups is 1. The Labute approximate surface area is 169 Å². The van der Waals surface area contributed by atoms with Gasteiger partial charge < -0.3 is 4.74 Å². The molecule has 0 radical (unpaired) electrons. The Morgan fingerprint density at radius 1 is 1.04 bits per heavy atom. The lowest BCUT2D eigenvalue weighted by atomic mass is 10.1. The van der Waals surface area contributed by atoms with Crippen LogP contribution in [0.1, 0.15) is 21.5 Å². The maximum absolute atomic E-state index is 13.8. The summed E-state index contributed by atoms with van der Waals surface area (Å²) in [6, 6.07) is 19.6. The molecule has 0 spiro atoms. The van der Waals surface area contributed by atoms with Crippen molar-refractivity contribution < 1.29 is 13.9 Å². The van der Waals surface area contributed by atoms with Crippen LogP contribution in [0.2, 0.25) is 0 Å². The van der Waals surface area contributed by atoms with Crippen molar-refractivity contribution in [2.45, 2.75) is 11.5 Å². The van der Waals surface area contributed by atoms with Gasteiger partial charge in [0.2, 0.25) is 5.78 Å². The molecule has 0 saturated carbocycles. The van der Waals surface area contributed by atoms with Crippen LogP contribution in [-0.4, -0.2) is 5.78 Å². The zero-order valence-electron chi connectivity index (χ0n) is 14.1. The van der Waals surface area contributed by atoms with Crippen molar-refractivity contribution >= 4 is 39.6 Å². The molecule has 0 atom stereocenters. The predicted molar refractivity (Wildman–Crippen MR) is 109 cm³/mol. The Balaban J connectivity index is 1.63. The Hall–Kier alpha value is -2.37. The van der Waals surface area contributed by atoms with Crippen LogP contribution in [0.4, 0.5) is 4.39 Å². The molecule has 5 heteroatoms. The topological polar surface area (TPSA) is 26.3 Å².